The van der Waals surface area contributed by atoms with Crippen LogP contribution in [0, 0.1) is 0 Å². The molecule has 8 aromatic rings. The fourth-order valence-corrected chi connectivity index (χ4v) is 7.09. The first-order valence-corrected chi connectivity index (χ1v) is 15.6. The highest BCUT2D eigenvalue weighted by molar-refractivity contribution is 8.32. The average Bonchev–Trinajstić information content (AvgIpc) is 3.40. The molecule has 0 unspecified atom stereocenters. The van der Waals surface area contributed by atoms with Crippen LogP contribution < -0.4 is 0 Å². The zero-order chi connectivity index (χ0) is 24.9. The Morgan fingerprint density at radius 2 is 0.919 bits per heavy atom. The second kappa shape index (κ2) is 7.27. The minimum atomic E-state index is -0.746. The van der Waals surface area contributed by atoms with Crippen LogP contribution in [-0.2, 0) is 0 Å². The minimum Gasteiger partial charge on any atom is -0.308 e. The van der Waals surface area contributed by atoms with Gasteiger partial charge in [0.25, 0.3) is 0 Å². The van der Waals surface area contributed by atoms with Crippen LogP contribution in [0.25, 0.3) is 70.8 Å². The molecule has 0 aliphatic carbocycles. The first-order chi connectivity index (χ1) is 18.0. The summed E-state index contributed by atoms with van der Waals surface area (Å²) in [6, 6.07) is 41.1. The van der Waals surface area contributed by atoms with E-state index in [0.29, 0.717) is 0 Å². The largest absolute Gasteiger partial charge is 0.308 e. The van der Waals surface area contributed by atoms with E-state index in [1.54, 1.807) is 0 Å². The lowest BCUT2D eigenvalue weighted by atomic mass is 9.98. The molecule has 37 heavy (non-hydrogen) atoms. The zero-order valence-corrected chi connectivity index (χ0v) is 22.1. The van der Waals surface area contributed by atoms with Gasteiger partial charge in [0.15, 0.2) is 0 Å². The molecule has 0 bridgehead atoms. The fourth-order valence-electron chi connectivity index (χ4n) is 6.14. The first kappa shape index (κ1) is 21.1. The maximum absolute atomic E-state index is 2.50. The van der Waals surface area contributed by atoms with Crippen molar-refractivity contribution in [1.29, 1.82) is 0 Å². The van der Waals surface area contributed by atoms with E-state index in [2.05, 4.69) is 132 Å². The summed E-state index contributed by atoms with van der Waals surface area (Å²) in [6.07, 6.45) is 7.07. The lowest BCUT2D eigenvalue weighted by Gasteiger charge is -2.25. The van der Waals surface area contributed by atoms with Crippen molar-refractivity contribution in [1.82, 2.24) is 4.40 Å². The van der Waals surface area contributed by atoms with Crippen molar-refractivity contribution < 1.29 is 0 Å². The molecule has 178 valence electrons. The minimum absolute atomic E-state index is 0.746. The van der Waals surface area contributed by atoms with Gasteiger partial charge < -0.3 is 4.40 Å². The van der Waals surface area contributed by atoms with Crippen LogP contribution in [0.1, 0.15) is 0 Å². The molecule has 0 N–H and O–H groups in total. The molecule has 0 fully saturated rings. The Labute approximate surface area is 217 Å². The maximum Gasteiger partial charge on any atom is 0.0620 e. The monoisotopic (exact) mass is 493 g/mol. The van der Waals surface area contributed by atoms with Crippen LogP contribution in [0.5, 0.6) is 0 Å². The summed E-state index contributed by atoms with van der Waals surface area (Å²) < 4.78 is 2.50. The summed E-state index contributed by atoms with van der Waals surface area (Å²) >= 11 is 0. The highest BCUT2D eigenvalue weighted by Gasteiger charge is 2.20. The highest BCUT2D eigenvalue weighted by Crippen LogP contribution is 2.47. The number of nitrogens with zero attached hydrogens (tertiary/aromatic N) is 1. The van der Waals surface area contributed by atoms with E-state index in [0.717, 1.165) is 0 Å². The summed E-state index contributed by atoms with van der Waals surface area (Å²) in [5.74, 6) is 0. The quantitative estimate of drug-likeness (QED) is 0.226. The van der Waals surface area contributed by atoms with Gasteiger partial charge in [-0.15, -0.1) is 0 Å². The van der Waals surface area contributed by atoms with Gasteiger partial charge in [-0.1, -0.05) is 60.7 Å². The molecule has 0 atom stereocenters. The van der Waals surface area contributed by atoms with Crippen molar-refractivity contribution in [3.05, 3.63) is 109 Å². The fraction of sp³-hybridized carbons (Fsp3) is 0.0857. The lowest BCUT2D eigenvalue weighted by Crippen LogP contribution is -1.92. The van der Waals surface area contributed by atoms with Crippen LogP contribution in [0.15, 0.2) is 114 Å². The SMILES string of the molecule is CS(C)(C)c1ccc(-c2cc3c4cc5ccccc5cc4n4c5cc6ccccc6cc5c(c2)c34)cc1. The molecular formula is C35H27NS. The maximum atomic E-state index is 2.50. The van der Waals surface area contributed by atoms with Crippen molar-refractivity contribution in [2.45, 2.75) is 4.90 Å². The normalized spacial score (nSPS) is 13.2. The standard InChI is InChI=1S/C35H27NS/c1-37(2,3)28-14-12-22(13-15-28)27-18-31-29-16-23-8-4-6-10-25(23)20-33(29)36-34-21-26-11-7-5-9-24(26)17-30(34)32(19-27)35(31)36/h4-21H,1-3H3. The van der Waals surface area contributed by atoms with Gasteiger partial charge >= 0.3 is 0 Å². The summed E-state index contributed by atoms with van der Waals surface area (Å²) in [6.45, 7) is 0. The molecule has 0 amide bonds. The second-order valence-electron chi connectivity index (χ2n) is 11.0. The van der Waals surface area contributed by atoms with Crippen molar-refractivity contribution >= 4 is 69.7 Å². The molecule has 0 spiro atoms. The second-order valence-corrected chi connectivity index (χ2v) is 15.2. The molecule has 0 saturated carbocycles. The number of benzene rings is 6. The predicted octanol–water partition coefficient (Wildman–Crippen LogP) is 9.86. The van der Waals surface area contributed by atoms with Gasteiger partial charge in [0.05, 0.1) is 16.6 Å². The molecule has 0 radical (unpaired) electrons. The first-order valence-electron chi connectivity index (χ1n) is 12.8. The molecule has 0 aliphatic heterocycles. The average molecular weight is 494 g/mol. The summed E-state index contributed by atoms with van der Waals surface area (Å²) in [5.41, 5.74) is 6.46. The van der Waals surface area contributed by atoms with Crippen molar-refractivity contribution in [2.24, 2.45) is 0 Å². The van der Waals surface area contributed by atoms with Gasteiger partial charge in [0.2, 0.25) is 0 Å². The topological polar surface area (TPSA) is 4.41 Å². The molecule has 1 nitrogen and oxygen atoms in total. The predicted molar refractivity (Wildman–Crippen MR) is 165 cm³/mol. The zero-order valence-electron chi connectivity index (χ0n) is 21.2. The molecule has 2 heteroatoms. The number of rotatable bonds is 2. The van der Waals surface area contributed by atoms with Crippen molar-refractivity contribution in [2.75, 3.05) is 18.8 Å². The Morgan fingerprint density at radius 1 is 0.459 bits per heavy atom. The number of hydrogen-bond acceptors (Lipinski definition) is 0. The Hall–Kier alpha value is -4.01. The Bertz CT molecular complexity index is 2030. The molecule has 8 rings (SSSR count). The van der Waals surface area contributed by atoms with Gasteiger partial charge in [-0.3, -0.25) is 0 Å². The van der Waals surface area contributed by atoms with E-state index in [1.807, 2.05) is 0 Å². The summed E-state index contributed by atoms with van der Waals surface area (Å²) in [5, 5.41) is 10.5. The third-order valence-corrected chi connectivity index (χ3v) is 9.70. The van der Waals surface area contributed by atoms with Crippen LogP contribution in [0.4, 0.5) is 0 Å². The smallest absolute Gasteiger partial charge is 0.0620 e. The molecule has 0 aliphatic rings. The number of hydrogen-bond donors (Lipinski definition) is 0. The number of fused-ring (bicyclic) bond motifs is 8. The Kier molecular flexibility index (Phi) is 4.15. The molecule has 2 heterocycles. The van der Waals surface area contributed by atoms with Gasteiger partial charge in [-0.25, -0.2) is 10.0 Å². The van der Waals surface area contributed by atoms with E-state index in [4.69, 9.17) is 0 Å². The highest BCUT2D eigenvalue weighted by atomic mass is 32.3. The third kappa shape index (κ3) is 3.00. The molecular weight excluding hydrogens is 466 g/mol. The van der Waals surface area contributed by atoms with Crippen LogP contribution in [-0.4, -0.2) is 23.2 Å². The van der Waals surface area contributed by atoms with E-state index < -0.39 is 10.0 Å². The van der Waals surface area contributed by atoms with Gasteiger partial charge in [0.1, 0.15) is 0 Å². The molecule has 6 aromatic carbocycles. The molecule has 2 aromatic heterocycles. The lowest BCUT2D eigenvalue weighted by molar-refractivity contribution is 1.38. The van der Waals surface area contributed by atoms with E-state index >= 15 is 0 Å². The van der Waals surface area contributed by atoms with E-state index in [1.165, 1.54) is 75.7 Å². The molecule has 0 saturated heterocycles. The van der Waals surface area contributed by atoms with Crippen LogP contribution in [0.3, 0.4) is 0 Å². The van der Waals surface area contributed by atoms with E-state index in [9.17, 15) is 0 Å². The van der Waals surface area contributed by atoms with Gasteiger partial charge in [-0.2, -0.15) is 0 Å². The number of aromatic nitrogens is 1. The summed E-state index contributed by atoms with van der Waals surface area (Å²) in [7, 11) is -0.746. The Morgan fingerprint density at radius 3 is 1.38 bits per heavy atom. The summed E-state index contributed by atoms with van der Waals surface area (Å²) in [4.78, 5) is 1.45. The Balaban J connectivity index is 1.54. The van der Waals surface area contributed by atoms with Gasteiger partial charge in [-0.05, 0) is 105 Å². The third-order valence-electron chi connectivity index (χ3n) is 8.02. The van der Waals surface area contributed by atoms with Crippen molar-refractivity contribution in [3.63, 3.8) is 0 Å². The van der Waals surface area contributed by atoms with Crippen LogP contribution in [0.2, 0.25) is 0 Å². The van der Waals surface area contributed by atoms with E-state index in [-0.39, 0.29) is 0 Å². The van der Waals surface area contributed by atoms with Crippen molar-refractivity contribution in [3.8, 4) is 11.1 Å². The van der Waals surface area contributed by atoms with Crippen LogP contribution >= 0.6 is 10.0 Å². The van der Waals surface area contributed by atoms with Gasteiger partial charge in [0, 0.05) is 21.5 Å².